The van der Waals surface area contributed by atoms with Crippen LogP contribution < -0.4 is 20.9 Å². The number of allylic oxidation sites excluding steroid dienone is 5. The zero-order chi connectivity index (χ0) is 41.7. The monoisotopic (exact) mass is 794 g/mol. The summed E-state index contributed by atoms with van der Waals surface area (Å²) in [6.07, 6.45) is 20.6. The number of ether oxygens (including phenoxy) is 1. The van der Waals surface area contributed by atoms with E-state index in [1.54, 1.807) is 18.5 Å². The van der Waals surface area contributed by atoms with E-state index in [9.17, 15) is 14.0 Å². The van der Waals surface area contributed by atoms with Crippen molar-refractivity contribution in [3.05, 3.63) is 89.3 Å². The number of aromatic nitrogens is 2. The van der Waals surface area contributed by atoms with Crippen molar-refractivity contribution in [2.75, 3.05) is 24.6 Å². The van der Waals surface area contributed by atoms with Gasteiger partial charge in [-0.2, -0.15) is 0 Å². The number of piperidine rings is 1. The number of carbonyl (C=O) groups is 2. The molecule has 0 bridgehead atoms. The Bertz CT molecular complexity index is 2020. The molecule has 9 heteroatoms. The normalized spacial score (nSPS) is 26.2. The summed E-state index contributed by atoms with van der Waals surface area (Å²) in [5, 5.41) is 4.78. The lowest BCUT2D eigenvalue weighted by atomic mass is 9.73. The zero-order valence-corrected chi connectivity index (χ0v) is 36.3. The van der Waals surface area contributed by atoms with E-state index >= 15 is 0 Å². The Kier molecular flexibility index (Phi) is 14.0. The van der Waals surface area contributed by atoms with Gasteiger partial charge in [0.05, 0.1) is 34.7 Å². The molecule has 2 amide bonds. The fourth-order valence-electron chi connectivity index (χ4n) is 9.77. The maximum atomic E-state index is 14.6. The molecule has 1 aromatic heterocycles. The largest absolute Gasteiger partial charge is 0.368 e. The number of fused-ring (bicyclic) bond motifs is 2. The summed E-state index contributed by atoms with van der Waals surface area (Å²) in [4.78, 5) is 36.2. The number of benzene rings is 1. The smallest absolute Gasteiger partial charge is 0.251 e. The number of carbonyl (C=O) groups excluding carboxylic acids is 2. The Labute approximate surface area is 346 Å². The third kappa shape index (κ3) is 8.71. The molecule has 3 unspecified atom stereocenters. The molecule has 5 aliphatic rings. The molecule has 7 rings (SSSR count). The number of rotatable bonds is 12. The summed E-state index contributed by atoms with van der Waals surface area (Å²) >= 11 is 0. The lowest BCUT2D eigenvalue weighted by Crippen LogP contribution is -2.55. The van der Waals surface area contributed by atoms with E-state index in [0.717, 1.165) is 71.0 Å². The number of halogens is 1. The Morgan fingerprint density at radius 1 is 1.05 bits per heavy atom. The van der Waals surface area contributed by atoms with Gasteiger partial charge < -0.3 is 24.4 Å². The van der Waals surface area contributed by atoms with Crippen molar-refractivity contribution < 1.29 is 18.7 Å². The number of imidazole rings is 1. The second-order valence-corrected chi connectivity index (χ2v) is 17.6. The van der Waals surface area contributed by atoms with Gasteiger partial charge in [-0.1, -0.05) is 84.2 Å². The molecule has 1 N–H and O–H groups in total. The Morgan fingerprint density at radius 3 is 2.24 bits per heavy atom. The van der Waals surface area contributed by atoms with Gasteiger partial charge in [-0.3, -0.25) is 9.59 Å². The van der Waals surface area contributed by atoms with E-state index < -0.39 is 11.2 Å². The molecule has 314 valence electrons. The van der Waals surface area contributed by atoms with Crippen molar-refractivity contribution in [1.29, 1.82) is 0 Å². The van der Waals surface area contributed by atoms with E-state index in [4.69, 9.17) is 9.72 Å². The first-order valence-corrected chi connectivity index (χ1v) is 22.1. The molecule has 2 aliphatic carbocycles. The van der Waals surface area contributed by atoms with Gasteiger partial charge in [0, 0.05) is 43.0 Å². The molecule has 4 heterocycles. The molecule has 1 aromatic carbocycles. The maximum absolute atomic E-state index is 14.6. The minimum atomic E-state index is -0.632. The Hall–Kier alpha value is -4.24. The molecule has 3 aliphatic heterocycles. The van der Waals surface area contributed by atoms with Crippen molar-refractivity contribution in [1.82, 2.24) is 19.8 Å². The van der Waals surface area contributed by atoms with Crippen molar-refractivity contribution in [3.8, 4) is 0 Å². The van der Waals surface area contributed by atoms with Crippen LogP contribution >= 0.6 is 0 Å². The van der Waals surface area contributed by atoms with E-state index in [1.165, 1.54) is 38.2 Å². The van der Waals surface area contributed by atoms with Gasteiger partial charge >= 0.3 is 0 Å². The zero-order valence-electron chi connectivity index (χ0n) is 36.3. The molecule has 8 nitrogen and oxygen atoms in total. The number of amides is 2. The quantitative estimate of drug-likeness (QED) is 0.217. The van der Waals surface area contributed by atoms with Gasteiger partial charge in [0.15, 0.2) is 0 Å². The standard InChI is InChI=1S/C40H50FN5O3.C9H18/c1-8-11-33(32(41)10-3)43-27(7)37-34(42-24-45(37)25(4)5)20-26(6)29-12-13-31-35(23-29)46(30-21-28(9-2)22-30)39(48)40(31)15-17-44(18-16-40)38(47)36-14-19-49-36;1-3-8-5-6-9(4-2)7-8/h8,10-13,20,23-25,28,30,36,43H,3,6,9,14-19,21-22H2,1-2,4-5,7H3;8-9H,3-7H2,1-2H3/b11-8-,33-32-,34-20+,37-27-;. The molecular formula is C49H68FN5O3. The van der Waals surface area contributed by atoms with Gasteiger partial charge in [-0.25, -0.2) is 9.37 Å². The second-order valence-electron chi connectivity index (χ2n) is 17.6. The summed E-state index contributed by atoms with van der Waals surface area (Å²) in [7, 11) is 0. The first-order chi connectivity index (χ1) is 27.9. The highest BCUT2D eigenvalue weighted by atomic mass is 19.1. The molecule has 2 aromatic rings. The van der Waals surface area contributed by atoms with Crippen LogP contribution in [0.2, 0.25) is 0 Å². The fraction of sp³-hybridized carbons (Fsp3) is 0.571. The lowest BCUT2D eigenvalue weighted by molar-refractivity contribution is -0.158. The molecule has 1 spiro atoms. The summed E-state index contributed by atoms with van der Waals surface area (Å²) in [6.45, 7) is 24.6. The van der Waals surface area contributed by atoms with Crippen molar-refractivity contribution >= 4 is 34.8 Å². The average molecular weight is 794 g/mol. The van der Waals surface area contributed by atoms with Crippen LogP contribution in [0.15, 0.2) is 67.4 Å². The van der Waals surface area contributed by atoms with Gasteiger partial charge in [0.1, 0.15) is 11.9 Å². The van der Waals surface area contributed by atoms with Crippen LogP contribution in [0.5, 0.6) is 0 Å². The maximum Gasteiger partial charge on any atom is 0.251 e. The van der Waals surface area contributed by atoms with Crippen molar-refractivity contribution in [2.24, 2.45) is 17.8 Å². The molecule has 3 atom stereocenters. The van der Waals surface area contributed by atoms with Crippen LogP contribution in [-0.2, 0) is 19.7 Å². The molecule has 0 radical (unpaired) electrons. The number of nitrogens with one attached hydrogen (secondary N) is 1. The van der Waals surface area contributed by atoms with Gasteiger partial charge in [-0.15, -0.1) is 0 Å². The molecule has 4 fully saturated rings. The topological polar surface area (TPSA) is 79.7 Å². The molecule has 2 saturated heterocycles. The highest BCUT2D eigenvalue weighted by Crippen LogP contribution is 2.52. The number of nitrogens with zero attached hydrogens (tertiary/aromatic N) is 4. The minimum Gasteiger partial charge on any atom is -0.368 e. The first kappa shape index (κ1) is 43.3. The summed E-state index contributed by atoms with van der Waals surface area (Å²) in [5.41, 5.74) is 4.14. The summed E-state index contributed by atoms with van der Waals surface area (Å²) in [6, 6.07) is 6.59. The lowest BCUT2D eigenvalue weighted by Gasteiger charge is -2.44. The van der Waals surface area contributed by atoms with Crippen LogP contribution in [0.3, 0.4) is 0 Å². The van der Waals surface area contributed by atoms with Crippen LogP contribution in [0.25, 0.3) is 17.3 Å². The molecule has 58 heavy (non-hydrogen) atoms. The number of likely N-dealkylation sites (tertiary alicyclic amines) is 1. The number of hydrogen-bond donors (Lipinski definition) is 1. The number of anilines is 1. The third-order valence-electron chi connectivity index (χ3n) is 13.8. The molecular weight excluding hydrogens is 726 g/mol. The van der Waals surface area contributed by atoms with Crippen LogP contribution in [0.4, 0.5) is 10.1 Å². The third-order valence-corrected chi connectivity index (χ3v) is 13.8. The van der Waals surface area contributed by atoms with E-state index in [0.29, 0.717) is 49.5 Å². The van der Waals surface area contributed by atoms with E-state index in [1.807, 2.05) is 24.8 Å². The number of hydrogen-bond acceptors (Lipinski definition) is 5. The van der Waals surface area contributed by atoms with Crippen molar-refractivity contribution in [2.45, 2.75) is 143 Å². The van der Waals surface area contributed by atoms with E-state index in [2.05, 4.69) is 80.8 Å². The van der Waals surface area contributed by atoms with Crippen LogP contribution in [0.1, 0.15) is 136 Å². The highest BCUT2D eigenvalue weighted by molar-refractivity contribution is 6.09. The predicted octanol–water partition coefficient (Wildman–Crippen LogP) is 9.03. The van der Waals surface area contributed by atoms with Gasteiger partial charge in [-0.05, 0) is 119 Å². The van der Waals surface area contributed by atoms with Crippen LogP contribution in [0, 0.1) is 17.8 Å². The second kappa shape index (κ2) is 18.8. The summed E-state index contributed by atoms with van der Waals surface area (Å²) in [5.74, 6) is 2.57. The highest BCUT2D eigenvalue weighted by Gasteiger charge is 2.55. The van der Waals surface area contributed by atoms with Crippen LogP contribution in [-0.4, -0.2) is 58.1 Å². The Balaban J connectivity index is 0.000000557. The first-order valence-electron chi connectivity index (χ1n) is 22.1. The SMILES string of the molecule is C=C/C(F)=C(\C=C/C)N/C(C)=c1/c(=C\C(=C)c2ccc3c(c2)N(C2CC(CC)C2)C(=O)C32CCN(C(=O)C3CCO3)CC2)ncn1C(C)C.CCC1CCC(CC)C1. The average Bonchev–Trinajstić information content (AvgIpc) is 3.90. The van der Waals surface area contributed by atoms with E-state index in [-0.39, 0.29) is 30.0 Å². The van der Waals surface area contributed by atoms with Crippen molar-refractivity contribution in [3.63, 3.8) is 0 Å². The molecule has 2 saturated carbocycles. The predicted molar refractivity (Wildman–Crippen MR) is 235 cm³/mol. The Morgan fingerprint density at radius 2 is 1.71 bits per heavy atom. The van der Waals surface area contributed by atoms with Gasteiger partial charge in [0.25, 0.3) is 5.91 Å². The minimum absolute atomic E-state index is 0.0532. The summed E-state index contributed by atoms with van der Waals surface area (Å²) < 4.78 is 22.2. The van der Waals surface area contributed by atoms with Gasteiger partial charge in [0.2, 0.25) is 5.91 Å². The fourth-order valence-corrected chi connectivity index (χ4v) is 9.77.